The maximum Gasteiger partial charge on any atom is 0.199 e. The lowest BCUT2D eigenvalue weighted by molar-refractivity contribution is 0.243. The van der Waals surface area contributed by atoms with Crippen molar-refractivity contribution < 1.29 is 0 Å². The first kappa shape index (κ1) is 16.9. The van der Waals surface area contributed by atoms with Gasteiger partial charge >= 0.3 is 0 Å². The monoisotopic (exact) mass is 394 g/mol. The van der Waals surface area contributed by atoms with Crippen LogP contribution in [0.15, 0.2) is 28.7 Å². The van der Waals surface area contributed by atoms with E-state index in [0.717, 1.165) is 21.6 Å². The molecule has 1 fully saturated rings. The molecule has 4 nitrogen and oxygen atoms in total. The molecular formula is C17H23BrN4S. The van der Waals surface area contributed by atoms with Crippen molar-refractivity contribution in [1.82, 2.24) is 19.2 Å². The van der Waals surface area contributed by atoms with Crippen LogP contribution in [0.4, 0.5) is 0 Å². The van der Waals surface area contributed by atoms with E-state index in [9.17, 15) is 0 Å². The molecule has 0 radical (unpaired) electrons. The summed E-state index contributed by atoms with van der Waals surface area (Å²) in [5, 5.41) is 4.79. The van der Waals surface area contributed by atoms with Crippen LogP contribution in [0.3, 0.4) is 0 Å². The third kappa shape index (κ3) is 3.92. The summed E-state index contributed by atoms with van der Waals surface area (Å²) in [6, 6.07) is 9.01. The molecule has 1 aromatic heterocycles. The van der Waals surface area contributed by atoms with Crippen LogP contribution in [0, 0.1) is 4.77 Å². The van der Waals surface area contributed by atoms with Gasteiger partial charge in [-0.15, -0.1) is 0 Å². The third-order valence-corrected chi connectivity index (χ3v) is 5.00. The summed E-state index contributed by atoms with van der Waals surface area (Å²) in [6.07, 6.45) is 2.46. The van der Waals surface area contributed by atoms with E-state index in [1.165, 1.54) is 18.4 Å². The first-order valence-electron chi connectivity index (χ1n) is 8.08. The Morgan fingerprint density at radius 2 is 1.96 bits per heavy atom. The van der Waals surface area contributed by atoms with Crippen molar-refractivity contribution in [2.45, 2.75) is 51.9 Å². The normalized spacial score (nSPS) is 14.9. The lowest BCUT2D eigenvalue weighted by Crippen LogP contribution is -2.22. The molecule has 0 N–H and O–H groups in total. The average Bonchev–Trinajstić information content (AvgIpc) is 3.27. The zero-order valence-corrected chi connectivity index (χ0v) is 16.3. The quantitative estimate of drug-likeness (QED) is 0.662. The number of rotatable bonds is 6. The van der Waals surface area contributed by atoms with Crippen molar-refractivity contribution in [2.75, 3.05) is 7.05 Å². The summed E-state index contributed by atoms with van der Waals surface area (Å²) in [4.78, 5) is 2.24. The Labute approximate surface area is 151 Å². The van der Waals surface area contributed by atoms with Crippen LogP contribution >= 0.6 is 28.1 Å². The molecule has 1 aliphatic carbocycles. The fourth-order valence-electron chi connectivity index (χ4n) is 2.78. The lowest BCUT2D eigenvalue weighted by Gasteiger charge is -2.16. The SMILES string of the molecule is CC(C)c1nn(CN(C)Cc2ccc(Br)cc2)c(=S)n1C1CC1. The predicted molar refractivity (Wildman–Crippen MR) is 99.0 cm³/mol. The van der Waals surface area contributed by atoms with E-state index in [1.807, 2.05) is 4.68 Å². The zero-order valence-electron chi connectivity index (χ0n) is 13.9. The molecule has 1 aromatic carbocycles. The number of aromatic nitrogens is 3. The van der Waals surface area contributed by atoms with Gasteiger partial charge in [0.2, 0.25) is 0 Å². The standard InChI is InChI=1S/C17H23BrN4S/c1-12(2)16-19-21(17(23)22(16)15-8-9-15)11-20(3)10-13-4-6-14(18)7-5-13/h4-7,12,15H,8-11H2,1-3H3. The Bertz CT molecular complexity index is 728. The highest BCUT2D eigenvalue weighted by Gasteiger charge is 2.29. The van der Waals surface area contributed by atoms with Gasteiger partial charge in [-0.2, -0.15) is 5.10 Å². The Balaban J connectivity index is 1.75. The van der Waals surface area contributed by atoms with Gasteiger partial charge < -0.3 is 4.57 Å². The van der Waals surface area contributed by atoms with Crippen molar-refractivity contribution in [2.24, 2.45) is 0 Å². The molecule has 0 unspecified atom stereocenters. The van der Waals surface area contributed by atoms with Crippen molar-refractivity contribution in [3.8, 4) is 0 Å². The highest BCUT2D eigenvalue weighted by molar-refractivity contribution is 9.10. The maximum absolute atomic E-state index is 5.68. The zero-order chi connectivity index (χ0) is 16.6. The van der Waals surface area contributed by atoms with Crippen molar-refractivity contribution in [3.05, 3.63) is 44.9 Å². The number of hydrogen-bond acceptors (Lipinski definition) is 3. The molecule has 0 aliphatic heterocycles. The third-order valence-electron chi connectivity index (χ3n) is 4.07. The summed E-state index contributed by atoms with van der Waals surface area (Å²) >= 11 is 9.15. The number of hydrogen-bond donors (Lipinski definition) is 0. The van der Waals surface area contributed by atoms with Crippen LogP contribution in [-0.2, 0) is 13.2 Å². The molecule has 0 amide bonds. The van der Waals surface area contributed by atoms with Gasteiger partial charge in [-0.05, 0) is 49.8 Å². The van der Waals surface area contributed by atoms with Crippen LogP contribution in [-0.4, -0.2) is 26.3 Å². The largest absolute Gasteiger partial charge is 0.301 e. The van der Waals surface area contributed by atoms with Gasteiger partial charge in [-0.1, -0.05) is 41.9 Å². The molecule has 0 bridgehead atoms. The summed E-state index contributed by atoms with van der Waals surface area (Å²) in [6.45, 7) is 5.97. The second-order valence-electron chi connectivity index (χ2n) is 6.68. The number of nitrogens with zero attached hydrogens (tertiary/aromatic N) is 4. The van der Waals surface area contributed by atoms with Crippen molar-refractivity contribution >= 4 is 28.1 Å². The van der Waals surface area contributed by atoms with E-state index in [-0.39, 0.29) is 0 Å². The topological polar surface area (TPSA) is 26.0 Å². The van der Waals surface area contributed by atoms with Gasteiger partial charge in [0.25, 0.3) is 0 Å². The molecule has 1 aliphatic rings. The predicted octanol–water partition coefficient (Wildman–Crippen LogP) is 4.72. The Hall–Kier alpha value is -0.980. The Kier molecular flexibility index (Phi) is 5.04. The molecule has 1 heterocycles. The highest BCUT2D eigenvalue weighted by Crippen LogP contribution is 2.37. The number of halogens is 1. The van der Waals surface area contributed by atoms with E-state index in [1.54, 1.807) is 0 Å². The highest BCUT2D eigenvalue weighted by atomic mass is 79.9. The van der Waals surface area contributed by atoms with Crippen LogP contribution in [0.25, 0.3) is 0 Å². The van der Waals surface area contributed by atoms with Gasteiger partial charge in [0.05, 0.1) is 6.67 Å². The van der Waals surface area contributed by atoms with Crippen LogP contribution in [0.1, 0.15) is 50.0 Å². The fraction of sp³-hybridized carbons (Fsp3) is 0.529. The Morgan fingerprint density at radius 1 is 1.30 bits per heavy atom. The van der Waals surface area contributed by atoms with E-state index >= 15 is 0 Å². The second-order valence-corrected chi connectivity index (χ2v) is 7.96. The molecule has 0 spiro atoms. The Morgan fingerprint density at radius 3 is 2.52 bits per heavy atom. The second kappa shape index (κ2) is 6.87. The average molecular weight is 395 g/mol. The number of benzene rings is 1. The molecule has 0 saturated heterocycles. The van der Waals surface area contributed by atoms with Crippen LogP contribution in [0.2, 0.25) is 0 Å². The van der Waals surface area contributed by atoms with E-state index in [4.69, 9.17) is 17.3 Å². The maximum atomic E-state index is 5.68. The van der Waals surface area contributed by atoms with Gasteiger partial charge in [-0.3, -0.25) is 4.90 Å². The fourth-order valence-corrected chi connectivity index (χ4v) is 3.38. The van der Waals surface area contributed by atoms with Gasteiger partial charge in [0.15, 0.2) is 4.77 Å². The van der Waals surface area contributed by atoms with Crippen LogP contribution in [0.5, 0.6) is 0 Å². The summed E-state index contributed by atoms with van der Waals surface area (Å²) in [5.74, 6) is 1.52. The minimum atomic E-state index is 0.398. The molecule has 0 atom stereocenters. The van der Waals surface area contributed by atoms with Gasteiger partial charge in [-0.25, -0.2) is 4.68 Å². The van der Waals surface area contributed by atoms with Crippen LogP contribution < -0.4 is 0 Å². The minimum Gasteiger partial charge on any atom is -0.301 e. The van der Waals surface area contributed by atoms with E-state index in [0.29, 0.717) is 18.6 Å². The van der Waals surface area contributed by atoms with Crippen molar-refractivity contribution in [3.63, 3.8) is 0 Å². The van der Waals surface area contributed by atoms with E-state index in [2.05, 4.69) is 70.6 Å². The van der Waals surface area contributed by atoms with Crippen molar-refractivity contribution in [1.29, 1.82) is 0 Å². The summed E-state index contributed by atoms with van der Waals surface area (Å²) in [7, 11) is 2.11. The van der Waals surface area contributed by atoms with Gasteiger partial charge in [0.1, 0.15) is 5.82 Å². The minimum absolute atomic E-state index is 0.398. The first-order valence-corrected chi connectivity index (χ1v) is 9.28. The molecule has 23 heavy (non-hydrogen) atoms. The molecular weight excluding hydrogens is 372 g/mol. The van der Waals surface area contributed by atoms with E-state index < -0.39 is 0 Å². The molecule has 1 saturated carbocycles. The summed E-state index contributed by atoms with van der Waals surface area (Å²) in [5.41, 5.74) is 1.29. The van der Waals surface area contributed by atoms with Gasteiger partial charge in [0, 0.05) is 23.0 Å². The summed E-state index contributed by atoms with van der Waals surface area (Å²) < 4.78 is 6.21. The smallest absolute Gasteiger partial charge is 0.199 e. The lowest BCUT2D eigenvalue weighted by atomic mass is 10.2. The molecule has 124 valence electrons. The molecule has 6 heteroatoms. The molecule has 2 aromatic rings. The molecule has 3 rings (SSSR count). The first-order chi connectivity index (χ1) is 11.0.